The normalized spacial score (nSPS) is 11.4. The molecule has 0 spiro atoms. The van der Waals surface area contributed by atoms with Crippen molar-refractivity contribution in [2.45, 2.75) is 6.18 Å². The van der Waals surface area contributed by atoms with Gasteiger partial charge in [-0.2, -0.15) is 18.3 Å². The lowest BCUT2D eigenvalue weighted by atomic mass is 10.2. The lowest BCUT2D eigenvalue weighted by Gasteiger charge is -2.14. The molecule has 0 aliphatic carbocycles. The molecule has 35 heavy (non-hydrogen) atoms. The largest absolute Gasteiger partial charge is 0.455 e. The standard InChI is InChI=1S/C22H13ClF5N5O2/c23-17-16(6-7-30-20(17)29)35-12-8-14(24)18(15(25)9-12)32-21(34)13-10-31-33(19(13)22(26,27)28)11-4-2-1-3-5-11/h1-10H,(H2,29,30)(H,32,34). The molecule has 0 aliphatic rings. The van der Waals surface area contributed by atoms with Crippen molar-refractivity contribution in [1.29, 1.82) is 0 Å². The van der Waals surface area contributed by atoms with E-state index in [0.717, 1.165) is 0 Å². The number of para-hydroxylation sites is 1. The smallest absolute Gasteiger partial charge is 0.434 e. The third-order valence-electron chi connectivity index (χ3n) is 4.65. The summed E-state index contributed by atoms with van der Waals surface area (Å²) in [6.45, 7) is 0. The van der Waals surface area contributed by atoms with Gasteiger partial charge in [-0.05, 0) is 12.1 Å². The maximum absolute atomic E-state index is 14.6. The summed E-state index contributed by atoms with van der Waals surface area (Å²) < 4.78 is 76.4. The summed E-state index contributed by atoms with van der Waals surface area (Å²) in [6, 6.07) is 9.98. The van der Waals surface area contributed by atoms with Gasteiger partial charge < -0.3 is 15.8 Å². The number of nitrogens with zero attached hydrogens (tertiary/aromatic N) is 3. The average molecular weight is 510 g/mol. The zero-order valence-corrected chi connectivity index (χ0v) is 18.0. The zero-order chi connectivity index (χ0) is 25.3. The fourth-order valence-electron chi connectivity index (χ4n) is 3.11. The van der Waals surface area contributed by atoms with Crippen molar-refractivity contribution in [3.05, 3.63) is 88.8 Å². The van der Waals surface area contributed by atoms with Gasteiger partial charge in [-0.3, -0.25) is 4.79 Å². The number of pyridine rings is 1. The first kappa shape index (κ1) is 24.0. The van der Waals surface area contributed by atoms with Gasteiger partial charge in [0.25, 0.3) is 5.91 Å². The number of ether oxygens (including phenoxy) is 1. The van der Waals surface area contributed by atoms with E-state index in [0.29, 0.717) is 23.0 Å². The Morgan fingerprint density at radius 2 is 1.74 bits per heavy atom. The highest BCUT2D eigenvalue weighted by molar-refractivity contribution is 6.34. The number of anilines is 2. The Morgan fingerprint density at radius 1 is 1.09 bits per heavy atom. The van der Waals surface area contributed by atoms with E-state index >= 15 is 0 Å². The van der Waals surface area contributed by atoms with E-state index < -0.39 is 40.7 Å². The second kappa shape index (κ2) is 9.22. The first-order valence-corrected chi connectivity index (χ1v) is 10.0. The third-order valence-corrected chi connectivity index (χ3v) is 5.03. The molecule has 180 valence electrons. The number of halogens is 6. The minimum atomic E-state index is -5.00. The van der Waals surface area contributed by atoms with Crippen LogP contribution in [0, 0.1) is 11.6 Å². The van der Waals surface area contributed by atoms with E-state index in [-0.39, 0.29) is 28.0 Å². The lowest BCUT2D eigenvalue weighted by Crippen LogP contribution is -2.21. The molecule has 2 aromatic heterocycles. The van der Waals surface area contributed by atoms with Gasteiger partial charge in [-0.25, -0.2) is 18.4 Å². The number of hydrogen-bond donors (Lipinski definition) is 2. The van der Waals surface area contributed by atoms with E-state index in [1.807, 2.05) is 5.32 Å². The summed E-state index contributed by atoms with van der Waals surface area (Å²) in [5.41, 5.74) is 2.26. The van der Waals surface area contributed by atoms with Crippen molar-refractivity contribution in [3.8, 4) is 17.2 Å². The van der Waals surface area contributed by atoms with Crippen molar-refractivity contribution in [1.82, 2.24) is 14.8 Å². The van der Waals surface area contributed by atoms with E-state index in [2.05, 4.69) is 10.1 Å². The van der Waals surface area contributed by atoms with Crippen molar-refractivity contribution in [3.63, 3.8) is 0 Å². The maximum Gasteiger partial charge on any atom is 0.434 e. The number of carbonyl (C=O) groups excluding carboxylic acids is 1. The van der Waals surface area contributed by atoms with Crippen molar-refractivity contribution in [2.24, 2.45) is 0 Å². The number of carbonyl (C=O) groups is 1. The molecule has 0 saturated heterocycles. The highest BCUT2D eigenvalue weighted by atomic mass is 35.5. The molecule has 0 bridgehead atoms. The van der Waals surface area contributed by atoms with Crippen LogP contribution in [-0.4, -0.2) is 20.7 Å². The molecule has 7 nitrogen and oxygen atoms in total. The molecule has 2 heterocycles. The van der Waals surface area contributed by atoms with Gasteiger partial charge in [-0.1, -0.05) is 29.8 Å². The predicted octanol–water partition coefficient (Wildman–Crippen LogP) is 5.84. The number of nitrogens with two attached hydrogens (primary N) is 1. The van der Waals surface area contributed by atoms with Crippen molar-refractivity contribution < 1.29 is 31.5 Å². The fourth-order valence-corrected chi connectivity index (χ4v) is 3.26. The molecule has 3 N–H and O–H groups in total. The Balaban J connectivity index is 1.64. The minimum Gasteiger partial charge on any atom is -0.455 e. The van der Waals surface area contributed by atoms with Gasteiger partial charge in [-0.15, -0.1) is 0 Å². The van der Waals surface area contributed by atoms with E-state index in [1.165, 1.54) is 36.5 Å². The number of hydrogen-bond acceptors (Lipinski definition) is 5. The molecule has 4 rings (SSSR count). The van der Waals surface area contributed by atoms with Crippen LogP contribution in [0.3, 0.4) is 0 Å². The quantitative estimate of drug-likeness (QED) is 0.329. The topological polar surface area (TPSA) is 95.1 Å². The van der Waals surface area contributed by atoms with Crippen molar-refractivity contribution >= 4 is 29.0 Å². The summed E-state index contributed by atoms with van der Waals surface area (Å²) in [5.74, 6) is -4.51. The summed E-state index contributed by atoms with van der Waals surface area (Å²) in [4.78, 5) is 16.3. The van der Waals surface area contributed by atoms with Gasteiger partial charge in [0.15, 0.2) is 23.1 Å². The first-order chi connectivity index (χ1) is 16.6. The Hall–Kier alpha value is -4.19. The zero-order valence-electron chi connectivity index (χ0n) is 17.3. The molecular formula is C22H13ClF5N5O2. The van der Waals surface area contributed by atoms with Gasteiger partial charge in [0.1, 0.15) is 22.3 Å². The van der Waals surface area contributed by atoms with Crippen LogP contribution in [0.1, 0.15) is 16.1 Å². The number of benzene rings is 2. The Kier molecular flexibility index (Phi) is 6.31. The van der Waals surface area contributed by atoms with E-state index in [4.69, 9.17) is 22.1 Å². The van der Waals surface area contributed by atoms with Crippen LogP contribution in [0.15, 0.2) is 60.9 Å². The Labute approximate surface area is 198 Å². The molecule has 0 radical (unpaired) electrons. The molecule has 0 aliphatic heterocycles. The molecule has 2 aromatic carbocycles. The Morgan fingerprint density at radius 3 is 2.37 bits per heavy atom. The Bertz CT molecular complexity index is 1390. The van der Waals surface area contributed by atoms with Gasteiger partial charge >= 0.3 is 6.18 Å². The van der Waals surface area contributed by atoms with Gasteiger partial charge in [0, 0.05) is 24.4 Å². The number of aromatic nitrogens is 3. The molecule has 0 atom stereocenters. The summed E-state index contributed by atoms with van der Waals surface area (Å²) in [7, 11) is 0. The number of nitrogens with one attached hydrogen (secondary N) is 1. The maximum atomic E-state index is 14.6. The highest BCUT2D eigenvalue weighted by Crippen LogP contribution is 2.36. The summed E-state index contributed by atoms with van der Waals surface area (Å²) in [6.07, 6.45) is -3.08. The minimum absolute atomic E-state index is 0.0353. The van der Waals surface area contributed by atoms with Crippen LogP contribution in [0.25, 0.3) is 5.69 Å². The van der Waals surface area contributed by atoms with Crippen molar-refractivity contribution in [2.75, 3.05) is 11.1 Å². The van der Waals surface area contributed by atoms with Crippen LogP contribution in [0.4, 0.5) is 33.5 Å². The van der Waals surface area contributed by atoms with Crippen LogP contribution in [0.2, 0.25) is 5.02 Å². The van der Waals surface area contributed by atoms with Crippen LogP contribution in [-0.2, 0) is 6.18 Å². The van der Waals surface area contributed by atoms with Crippen LogP contribution < -0.4 is 15.8 Å². The first-order valence-electron chi connectivity index (χ1n) is 9.65. The second-order valence-corrected chi connectivity index (χ2v) is 7.36. The van der Waals surface area contributed by atoms with Crippen LogP contribution in [0.5, 0.6) is 11.5 Å². The molecular weight excluding hydrogens is 497 g/mol. The number of amides is 1. The predicted molar refractivity (Wildman–Crippen MR) is 117 cm³/mol. The number of rotatable bonds is 5. The lowest BCUT2D eigenvalue weighted by molar-refractivity contribution is -0.143. The fraction of sp³-hybridized carbons (Fsp3) is 0.0455. The second-order valence-electron chi connectivity index (χ2n) is 6.98. The molecule has 0 fully saturated rings. The van der Waals surface area contributed by atoms with Crippen LogP contribution >= 0.6 is 11.6 Å². The molecule has 0 unspecified atom stereocenters. The van der Waals surface area contributed by atoms with E-state index in [9.17, 15) is 26.7 Å². The molecule has 13 heteroatoms. The van der Waals surface area contributed by atoms with E-state index in [1.54, 1.807) is 6.07 Å². The summed E-state index contributed by atoms with van der Waals surface area (Å²) >= 11 is 5.93. The summed E-state index contributed by atoms with van der Waals surface area (Å²) in [5, 5.41) is 5.37. The SMILES string of the molecule is Nc1nccc(Oc2cc(F)c(NC(=O)c3cnn(-c4ccccc4)c3C(F)(F)F)c(F)c2)c1Cl. The third kappa shape index (κ3) is 4.87. The molecule has 4 aromatic rings. The van der Waals surface area contributed by atoms with Gasteiger partial charge in [0.2, 0.25) is 0 Å². The molecule has 1 amide bonds. The monoisotopic (exact) mass is 509 g/mol. The van der Waals surface area contributed by atoms with Gasteiger partial charge in [0.05, 0.1) is 17.4 Å². The number of alkyl halides is 3. The molecule has 0 saturated carbocycles. The average Bonchev–Trinajstić information content (AvgIpc) is 3.26. The number of nitrogen functional groups attached to an aromatic ring is 1. The highest BCUT2D eigenvalue weighted by Gasteiger charge is 2.40.